The Balaban J connectivity index is 2.85. The molecule has 1 heterocycles. The van der Waals surface area contributed by atoms with Gasteiger partial charge in [-0.2, -0.15) is 11.8 Å². The fourth-order valence-corrected chi connectivity index (χ4v) is 3.70. The molecule has 1 amide bonds. The molecule has 0 fully saturated rings. The fourth-order valence-electron chi connectivity index (χ4n) is 0.815. The first-order valence-corrected chi connectivity index (χ1v) is 8.18. The van der Waals surface area contributed by atoms with Crippen molar-refractivity contribution in [1.29, 1.82) is 0 Å². The molecule has 16 heavy (non-hydrogen) atoms. The molecule has 0 saturated carbocycles. The highest BCUT2D eigenvalue weighted by Crippen LogP contribution is 2.25. The summed E-state index contributed by atoms with van der Waals surface area (Å²) in [5, 5.41) is -0.412. The lowest BCUT2D eigenvalue weighted by Gasteiger charge is -2.08. The first-order valence-electron chi connectivity index (χ1n) is 4.21. The summed E-state index contributed by atoms with van der Waals surface area (Å²) in [6.07, 6.45) is 1.73. The fraction of sp³-hybridized carbons (Fsp3) is 0.375. The number of carbonyl (C=O) groups is 1. The smallest absolute Gasteiger partial charge is 0.273 e. The van der Waals surface area contributed by atoms with Gasteiger partial charge in [-0.1, -0.05) is 11.6 Å². The lowest BCUT2D eigenvalue weighted by Crippen LogP contribution is -2.35. The average Bonchev–Trinajstić information content (AvgIpc) is 2.63. The van der Waals surface area contributed by atoms with E-state index in [9.17, 15) is 13.2 Å². The lowest BCUT2D eigenvalue weighted by molar-refractivity contribution is -0.118. The van der Waals surface area contributed by atoms with Gasteiger partial charge in [0.15, 0.2) is 0 Å². The van der Waals surface area contributed by atoms with Crippen LogP contribution in [0.15, 0.2) is 16.3 Å². The van der Waals surface area contributed by atoms with E-state index in [-0.39, 0.29) is 4.21 Å². The predicted molar refractivity (Wildman–Crippen MR) is 67.6 cm³/mol. The minimum atomic E-state index is -3.77. The molecule has 8 heteroatoms. The number of halogens is 1. The van der Waals surface area contributed by atoms with Gasteiger partial charge in [-0.3, -0.25) is 4.79 Å². The van der Waals surface area contributed by atoms with Crippen molar-refractivity contribution in [2.45, 2.75) is 16.4 Å². The predicted octanol–water partition coefficient (Wildman–Crippen LogP) is 1.96. The van der Waals surface area contributed by atoms with Crippen molar-refractivity contribution in [3.8, 4) is 0 Å². The average molecular weight is 300 g/mol. The van der Waals surface area contributed by atoms with Gasteiger partial charge in [0.2, 0.25) is 5.91 Å². The molecule has 1 aromatic heterocycles. The third kappa shape index (κ3) is 3.38. The van der Waals surface area contributed by atoms with E-state index in [0.717, 1.165) is 11.3 Å². The van der Waals surface area contributed by atoms with Crippen molar-refractivity contribution in [3.63, 3.8) is 0 Å². The molecule has 1 aromatic rings. The molecule has 0 saturated heterocycles. The Morgan fingerprint density at radius 2 is 2.19 bits per heavy atom. The summed E-state index contributed by atoms with van der Waals surface area (Å²) in [7, 11) is -3.77. The van der Waals surface area contributed by atoms with E-state index in [1.165, 1.54) is 23.9 Å². The van der Waals surface area contributed by atoms with Crippen LogP contribution in [-0.4, -0.2) is 25.8 Å². The molecule has 1 atom stereocenters. The zero-order valence-corrected chi connectivity index (χ0v) is 11.8. The van der Waals surface area contributed by atoms with Crippen molar-refractivity contribution >= 4 is 50.6 Å². The van der Waals surface area contributed by atoms with Crippen molar-refractivity contribution < 1.29 is 13.2 Å². The largest absolute Gasteiger partial charge is 0.273 e. The monoisotopic (exact) mass is 299 g/mol. The van der Waals surface area contributed by atoms with Crippen LogP contribution in [-0.2, 0) is 14.8 Å². The van der Waals surface area contributed by atoms with Gasteiger partial charge in [-0.05, 0) is 25.3 Å². The van der Waals surface area contributed by atoms with Crippen molar-refractivity contribution in [2.24, 2.45) is 0 Å². The maximum Gasteiger partial charge on any atom is 0.273 e. The molecule has 0 unspecified atom stereocenters. The summed E-state index contributed by atoms with van der Waals surface area (Å²) in [6.45, 7) is 1.64. The van der Waals surface area contributed by atoms with Crippen LogP contribution in [0.1, 0.15) is 6.92 Å². The molecular formula is C8H10ClNO3S3. The number of thiophene rings is 1. The SMILES string of the molecule is CS[C@H](C)C(=O)NS(=O)(=O)c1ccc(Cl)s1. The van der Waals surface area contributed by atoms with E-state index in [2.05, 4.69) is 0 Å². The van der Waals surface area contributed by atoms with E-state index in [1.54, 1.807) is 13.2 Å². The third-order valence-electron chi connectivity index (χ3n) is 1.77. The highest BCUT2D eigenvalue weighted by atomic mass is 35.5. The Labute approximate surface area is 107 Å². The number of rotatable bonds is 4. The van der Waals surface area contributed by atoms with Gasteiger partial charge in [0.1, 0.15) is 4.21 Å². The summed E-state index contributed by atoms with van der Waals surface area (Å²) in [6, 6.07) is 2.84. The number of hydrogen-bond acceptors (Lipinski definition) is 5. The first-order chi connectivity index (χ1) is 7.36. The van der Waals surface area contributed by atoms with E-state index in [1.807, 2.05) is 4.72 Å². The minimum Gasteiger partial charge on any atom is -0.273 e. The second-order valence-corrected chi connectivity index (χ2v) is 7.71. The quantitative estimate of drug-likeness (QED) is 0.923. The second-order valence-electron chi connectivity index (χ2n) is 2.91. The number of hydrogen-bond donors (Lipinski definition) is 1. The van der Waals surface area contributed by atoms with Crippen LogP contribution in [0, 0.1) is 0 Å². The zero-order valence-electron chi connectivity index (χ0n) is 8.56. The van der Waals surface area contributed by atoms with Crippen molar-refractivity contribution in [1.82, 2.24) is 4.72 Å². The maximum absolute atomic E-state index is 11.7. The molecule has 0 aliphatic rings. The number of carbonyl (C=O) groups excluding carboxylic acids is 1. The molecule has 0 bridgehead atoms. The zero-order chi connectivity index (χ0) is 12.3. The standard InChI is InChI=1S/C8H10ClNO3S3/c1-5(14-2)8(11)10-16(12,13)7-4-3-6(9)15-7/h3-5H,1-2H3,(H,10,11)/t5-/m1/s1. The highest BCUT2D eigenvalue weighted by molar-refractivity contribution is 8.00. The normalized spacial score (nSPS) is 13.4. The lowest BCUT2D eigenvalue weighted by atomic mass is 10.5. The Morgan fingerprint density at radius 3 is 2.62 bits per heavy atom. The van der Waals surface area contributed by atoms with Crippen molar-refractivity contribution in [3.05, 3.63) is 16.5 Å². The Morgan fingerprint density at radius 1 is 1.56 bits per heavy atom. The second kappa shape index (κ2) is 5.39. The molecule has 0 aliphatic carbocycles. The molecular weight excluding hydrogens is 290 g/mol. The van der Waals surface area contributed by atoms with Crippen molar-refractivity contribution in [2.75, 3.05) is 6.26 Å². The van der Waals surface area contributed by atoms with Crippen LogP contribution in [0.2, 0.25) is 4.34 Å². The molecule has 1 N–H and O–H groups in total. The summed E-state index contributed by atoms with van der Waals surface area (Å²) >= 11 is 7.82. The highest BCUT2D eigenvalue weighted by Gasteiger charge is 2.22. The summed E-state index contributed by atoms with van der Waals surface area (Å²) < 4.78 is 25.8. The summed E-state index contributed by atoms with van der Waals surface area (Å²) in [5.74, 6) is -0.531. The van der Waals surface area contributed by atoms with Gasteiger partial charge in [-0.25, -0.2) is 13.1 Å². The Kier molecular flexibility index (Phi) is 4.66. The van der Waals surface area contributed by atoms with E-state index >= 15 is 0 Å². The van der Waals surface area contributed by atoms with Gasteiger partial charge in [0.05, 0.1) is 9.59 Å². The van der Waals surface area contributed by atoms with Crippen LogP contribution in [0.3, 0.4) is 0 Å². The number of thioether (sulfide) groups is 1. The number of amides is 1. The molecule has 0 aliphatic heterocycles. The first kappa shape index (κ1) is 13.8. The van der Waals surface area contributed by atoms with Gasteiger partial charge in [0.25, 0.3) is 10.0 Å². The Bertz CT molecular complexity index is 482. The molecule has 0 spiro atoms. The van der Waals surface area contributed by atoms with Gasteiger partial charge < -0.3 is 0 Å². The van der Waals surface area contributed by atoms with Crippen LogP contribution < -0.4 is 4.72 Å². The molecule has 1 rings (SSSR count). The van der Waals surface area contributed by atoms with Gasteiger partial charge in [0, 0.05) is 0 Å². The van der Waals surface area contributed by atoms with E-state index in [0.29, 0.717) is 4.34 Å². The third-order valence-corrected chi connectivity index (χ3v) is 5.76. The summed E-state index contributed by atoms with van der Waals surface area (Å²) in [5.41, 5.74) is 0. The van der Waals surface area contributed by atoms with Gasteiger partial charge >= 0.3 is 0 Å². The van der Waals surface area contributed by atoms with E-state index in [4.69, 9.17) is 11.6 Å². The summed E-state index contributed by atoms with van der Waals surface area (Å²) in [4.78, 5) is 11.4. The molecule has 0 aromatic carbocycles. The Hall–Kier alpha value is -0.240. The van der Waals surface area contributed by atoms with Crippen LogP contribution in [0.25, 0.3) is 0 Å². The molecule has 90 valence electrons. The van der Waals surface area contributed by atoms with Crippen LogP contribution in [0.4, 0.5) is 0 Å². The minimum absolute atomic E-state index is 0.0409. The number of nitrogens with one attached hydrogen (secondary N) is 1. The van der Waals surface area contributed by atoms with Gasteiger partial charge in [-0.15, -0.1) is 11.3 Å². The molecule has 0 radical (unpaired) electrons. The maximum atomic E-state index is 11.7. The molecule has 4 nitrogen and oxygen atoms in total. The number of sulfonamides is 1. The van der Waals surface area contributed by atoms with E-state index < -0.39 is 21.2 Å². The topological polar surface area (TPSA) is 63.2 Å². The van der Waals surface area contributed by atoms with Crippen LogP contribution in [0.5, 0.6) is 0 Å². The van der Waals surface area contributed by atoms with Crippen LogP contribution >= 0.6 is 34.7 Å².